The van der Waals surface area contributed by atoms with Crippen LogP contribution < -0.4 is 0 Å². The molecule has 0 saturated heterocycles. The lowest BCUT2D eigenvalue weighted by Gasteiger charge is -2.06. The van der Waals surface area contributed by atoms with Crippen molar-refractivity contribution in [3.05, 3.63) is 59.4 Å². The lowest BCUT2D eigenvalue weighted by atomic mass is 10.0. The van der Waals surface area contributed by atoms with Crippen LogP contribution in [0.25, 0.3) is 11.1 Å². The Kier molecular flexibility index (Phi) is 3.42. The lowest BCUT2D eigenvalue weighted by molar-refractivity contribution is 0.0601. The van der Waals surface area contributed by atoms with Gasteiger partial charge in [-0.05, 0) is 36.8 Å². The van der Waals surface area contributed by atoms with E-state index in [2.05, 4.69) is 4.74 Å². The molecule has 2 rings (SSSR count). The average molecular weight is 244 g/mol. The van der Waals surface area contributed by atoms with Crippen molar-refractivity contribution >= 4 is 5.97 Å². The summed E-state index contributed by atoms with van der Waals surface area (Å²) in [6, 6.07) is 11.6. The molecule has 0 bridgehead atoms. The third kappa shape index (κ3) is 2.40. The van der Waals surface area contributed by atoms with E-state index in [0.717, 1.165) is 5.56 Å². The Hall–Kier alpha value is -2.16. The fourth-order valence-electron chi connectivity index (χ4n) is 1.79. The van der Waals surface area contributed by atoms with Crippen molar-refractivity contribution < 1.29 is 13.9 Å². The number of carbonyl (C=O) groups excluding carboxylic acids is 1. The van der Waals surface area contributed by atoms with Crippen molar-refractivity contribution in [2.75, 3.05) is 7.11 Å². The van der Waals surface area contributed by atoms with E-state index >= 15 is 0 Å². The summed E-state index contributed by atoms with van der Waals surface area (Å²) in [7, 11) is 1.32. The second kappa shape index (κ2) is 5.00. The first-order valence-electron chi connectivity index (χ1n) is 5.56. The molecule has 0 fully saturated rings. The molecule has 18 heavy (non-hydrogen) atoms. The molecular formula is C15H13FO2. The first-order chi connectivity index (χ1) is 8.61. The van der Waals surface area contributed by atoms with Gasteiger partial charge in [-0.15, -0.1) is 0 Å². The highest BCUT2D eigenvalue weighted by Gasteiger charge is 2.09. The minimum atomic E-state index is -0.426. The predicted molar refractivity (Wildman–Crippen MR) is 67.9 cm³/mol. The SMILES string of the molecule is COC(=O)c1cccc(-c2cc(C)ccc2F)c1. The number of aryl methyl sites for hydroxylation is 1. The molecule has 2 aromatic carbocycles. The van der Waals surface area contributed by atoms with Gasteiger partial charge in [-0.3, -0.25) is 0 Å². The van der Waals surface area contributed by atoms with Crippen molar-refractivity contribution in [1.82, 2.24) is 0 Å². The largest absolute Gasteiger partial charge is 0.465 e. The van der Waals surface area contributed by atoms with Crippen molar-refractivity contribution in [2.24, 2.45) is 0 Å². The first-order valence-corrected chi connectivity index (χ1v) is 5.56. The van der Waals surface area contributed by atoms with Crippen LogP contribution in [0.15, 0.2) is 42.5 Å². The van der Waals surface area contributed by atoms with E-state index in [0.29, 0.717) is 16.7 Å². The topological polar surface area (TPSA) is 26.3 Å². The highest BCUT2D eigenvalue weighted by atomic mass is 19.1. The minimum Gasteiger partial charge on any atom is -0.465 e. The van der Waals surface area contributed by atoms with Crippen LogP contribution in [0.4, 0.5) is 4.39 Å². The molecule has 0 unspecified atom stereocenters. The number of esters is 1. The molecule has 0 aliphatic rings. The molecule has 92 valence electrons. The molecule has 0 heterocycles. The Balaban J connectivity index is 2.51. The number of hydrogen-bond donors (Lipinski definition) is 0. The Labute approximate surface area is 105 Å². The third-order valence-corrected chi connectivity index (χ3v) is 2.72. The monoisotopic (exact) mass is 244 g/mol. The van der Waals surface area contributed by atoms with Gasteiger partial charge < -0.3 is 4.74 Å². The van der Waals surface area contributed by atoms with Gasteiger partial charge in [-0.1, -0.05) is 23.8 Å². The van der Waals surface area contributed by atoms with E-state index in [1.165, 1.54) is 13.2 Å². The fourth-order valence-corrected chi connectivity index (χ4v) is 1.79. The second-order valence-corrected chi connectivity index (χ2v) is 4.06. The Bertz CT molecular complexity index is 591. The summed E-state index contributed by atoms with van der Waals surface area (Å²) < 4.78 is 18.4. The molecule has 2 aromatic rings. The van der Waals surface area contributed by atoms with Gasteiger partial charge in [-0.25, -0.2) is 9.18 Å². The number of halogens is 1. The molecular weight excluding hydrogens is 231 g/mol. The van der Waals surface area contributed by atoms with E-state index in [4.69, 9.17) is 0 Å². The zero-order chi connectivity index (χ0) is 13.1. The van der Waals surface area contributed by atoms with Gasteiger partial charge in [0.25, 0.3) is 0 Å². The van der Waals surface area contributed by atoms with Crippen molar-refractivity contribution in [1.29, 1.82) is 0 Å². The van der Waals surface area contributed by atoms with E-state index in [1.54, 1.807) is 36.4 Å². The number of methoxy groups -OCH3 is 1. The summed E-state index contributed by atoms with van der Waals surface area (Å²) in [5.41, 5.74) is 2.53. The summed E-state index contributed by atoms with van der Waals surface area (Å²) in [6.45, 7) is 1.90. The summed E-state index contributed by atoms with van der Waals surface area (Å²) >= 11 is 0. The Morgan fingerprint density at radius 1 is 1.17 bits per heavy atom. The molecule has 0 spiro atoms. The fraction of sp³-hybridized carbons (Fsp3) is 0.133. The van der Waals surface area contributed by atoms with Gasteiger partial charge in [-0.2, -0.15) is 0 Å². The molecule has 0 aliphatic heterocycles. The average Bonchev–Trinajstić information content (AvgIpc) is 2.40. The summed E-state index contributed by atoms with van der Waals surface area (Å²) in [4.78, 5) is 11.4. The van der Waals surface area contributed by atoms with Crippen molar-refractivity contribution in [3.8, 4) is 11.1 Å². The smallest absolute Gasteiger partial charge is 0.337 e. The van der Waals surface area contributed by atoms with Gasteiger partial charge in [0.05, 0.1) is 12.7 Å². The van der Waals surface area contributed by atoms with E-state index in [9.17, 15) is 9.18 Å². The molecule has 0 N–H and O–H groups in total. The van der Waals surface area contributed by atoms with E-state index in [1.807, 2.05) is 6.92 Å². The third-order valence-electron chi connectivity index (χ3n) is 2.72. The summed E-state index contributed by atoms with van der Waals surface area (Å²) in [6.07, 6.45) is 0. The maximum absolute atomic E-state index is 13.8. The maximum atomic E-state index is 13.8. The molecule has 2 nitrogen and oxygen atoms in total. The van der Waals surface area contributed by atoms with E-state index in [-0.39, 0.29) is 5.82 Å². The number of carbonyl (C=O) groups is 1. The number of hydrogen-bond acceptors (Lipinski definition) is 2. The van der Waals surface area contributed by atoms with Crippen molar-refractivity contribution in [2.45, 2.75) is 6.92 Å². The van der Waals surface area contributed by atoms with E-state index < -0.39 is 5.97 Å². The molecule has 0 aromatic heterocycles. The van der Waals surface area contributed by atoms with Gasteiger partial charge in [0.1, 0.15) is 5.82 Å². The zero-order valence-corrected chi connectivity index (χ0v) is 10.2. The van der Waals surface area contributed by atoms with Crippen LogP contribution in [-0.4, -0.2) is 13.1 Å². The molecule has 0 atom stereocenters. The van der Waals surface area contributed by atoms with Crippen LogP contribution in [0, 0.1) is 12.7 Å². The minimum absolute atomic E-state index is 0.303. The van der Waals surface area contributed by atoms with Crippen LogP contribution in [0.5, 0.6) is 0 Å². The molecule has 3 heteroatoms. The molecule has 0 radical (unpaired) electrons. The Morgan fingerprint density at radius 3 is 2.67 bits per heavy atom. The Morgan fingerprint density at radius 2 is 1.94 bits per heavy atom. The van der Waals surface area contributed by atoms with Crippen LogP contribution in [0.3, 0.4) is 0 Å². The zero-order valence-electron chi connectivity index (χ0n) is 10.2. The van der Waals surface area contributed by atoms with Crippen LogP contribution in [0.2, 0.25) is 0 Å². The normalized spacial score (nSPS) is 10.2. The molecule has 0 aliphatic carbocycles. The lowest BCUT2D eigenvalue weighted by Crippen LogP contribution is -2.01. The highest BCUT2D eigenvalue weighted by molar-refractivity contribution is 5.91. The second-order valence-electron chi connectivity index (χ2n) is 4.06. The van der Waals surface area contributed by atoms with Gasteiger partial charge in [0, 0.05) is 5.56 Å². The van der Waals surface area contributed by atoms with Crippen molar-refractivity contribution in [3.63, 3.8) is 0 Å². The molecule has 0 amide bonds. The van der Waals surface area contributed by atoms with Gasteiger partial charge in [0.2, 0.25) is 0 Å². The first kappa shape index (κ1) is 12.3. The van der Waals surface area contributed by atoms with Gasteiger partial charge >= 0.3 is 5.97 Å². The van der Waals surface area contributed by atoms with Gasteiger partial charge in [0.15, 0.2) is 0 Å². The van der Waals surface area contributed by atoms with Crippen LogP contribution in [0.1, 0.15) is 15.9 Å². The predicted octanol–water partition coefficient (Wildman–Crippen LogP) is 3.59. The highest BCUT2D eigenvalue weighted by Crippen LogP contribution is 2.24. The quantitative estimate of drug-likeness (QED) is 0.755. The van der Waals surface area contributed by atoms with Crippen LogP contribution in [-0.2, 0) is 4.74 Å². The molecule has 0 saturated carbocycles. The summed E-state index contributed by atoms with van der Waals surface area (Å²) in [5, 5.41) is 0. The number of rotatable bonds is 2. The standard InChI is InChI=1S/C15H13FO2/c1-10-6-7-14(16)13(8-10)11-4-3-5-12(9-11)15(17)18-2/h3-9H,1-2H3. The summed E-state index contributed by atoms with van der Waals surface area (Å²) in [5.74, 6) is -0.729. The number of ether oxygens (including phenoxy) is 1. The number of benzene rings is 2. The maximum Gasteiger partial charge on any atom is 0.337 e. The van der Waals surface area contributed by atoms with Crippen LogP contribution >= 0.6 is 0 Å².